The summed E-state index contributed by atoms with van der Waals surface area (Å²) in [6.45, 7) is 14.2. The first-order chi connectivity index (χ1) is 13.9. The number of hydrogen-bond acceptors (Lipinski definition) is 4. The average Bonchev–Trinajstić information content (AvgIpc) is 2.96. The van der Waals surface area contributed by atoms with Crippen molar-refractivity contribution in [1.29, 1.82) is 0 Å². The zero-order chi connectivity index (χ0) is 22.5. The average molecular weight is 417 g/mol. The molecule has 3 rings (SSSR count). The SMILES string of the molecule is CC(=O)[C@@]1(OC(=O)C(C)C)CC[C@H]2C[C@@H]([C@@]3(C)CCC(=O)C=C3C(C)C)CC[C@@]21C. The van der Waals surface area contributed by atoms with Crippen LogP contribution < -0.4 is 0 Å². The number of hydrogen-bond donors (Lipinski definition) is 0. The molecular weight excluding hydrogens is 376 g/mol. The molecule has 30 heavy (non-hydrogen) atoms. The lowest BCUT2D eigenvalue weighted by Crippen LogP contribution is -2.56. The molecule has 2 saturated carbocycles. The topological polar surface area (TPSA) is 60.4 Å². The number of ketones is 2. The van der Waals surface area contributed by atoms with Gasteiger partial charge in [0.25, 0.3) is 0 Å². The highest BCUT2D eigenvalue weighted by Gasteiger charge is 2.64. The Kier molecular flexibility index (Phi) is 6.12. The van der Waals surface area contributed by atoms with Crippen molar-refractivity contribution in [2.75, 3.05) is 0 Å². The number of fused-ring (bicyclic) bond motifs is 1. The van der Waals surface area contributed by atoms with E-state index in [0.29, 0.717) is 30.6 Å². The van der Waals surface area contributed by atoms with Crippen LogP contribution >= 0.6 is 0 Å². The largest absolute Gasteiger partial charge is 0.450 e. The Labute approximate surface area is 182 Å². The van der Waals surface area contributed by atoms with Gasteiger partial charge in [-0.2, -0.15) is 0 Å². The minimum Gasteiger partial charge on any atom is -0.450 e. The quantitative estimate of drug-likeness (QED) is 0.541. The van der Waals surface area contributed by atoms with Gasteiger partial charge in [0.1, 0.15) is 0 Å². The van der Waals surface area contributed by atoms with Crippen LogP contribution in [0, 0.1) is 34.5 Å². The Bertz CT molecular complexity index is 763. The van der Waals surface area contributed by atoms with Crippen LogP contribution in [0.5, 0.6) is 0 Å². The molecule has 168 valence electrons. The van der Waals surface area contributed by atoms with Crippen LogP contribution in [-0.4, -0.2) is 23.1 Å². The first kappa shape index (κ1) is 23.2. The maximum atomic E-state index is 12.9. The van der Waals surface area contributed by atoms with Gasteiger partial charge in [-0.05, 0) is 74.7 Å². The standard InChI is InChI=1S/C26H40O4/c1-16(2)22-15-21(28)10-11-24(22,6)19-8-12-25(7)20(14-19)9-13-26(25,18(5)27)30-23(29)17(3)4/h15-17,19-20H,8-14H2,1-7H3/t19-,20-,24+,25-,26-/m0/s1. The Morgan fingerprint density at radius 1 is 1.03 bits per heavy atom. The Morgan fingerprint density at radius 2 is 1.67 bits per heavy atom. The van der Waals surface area contributed by atoms with Gasteiger partial charge in [0.05, 0.1) is 5.92 Å². The molecule has 0 N–H and O–H groups in total. The maximum absolute atomic E-state index is 12.9. The zero-order valence-corrected chi connectivity index (χ0v) is 20.0. The molecule has 5 atom stereocenters. The van der Waals surface area contributed by atoms with Gasteiger partial charge in [-0.15, -0.1) is 0 Å². The summed E-state index contributed by atoms with van der Waals surface area (Å²) in [5.41, 5.74) is 0.0564. The summed E-state index contributed by atoms with van der Waals surface area (Å²) in [6, 6.07) is 0. The predicted octanol–water partition coefficient (Wildman–Crippen LogP) is 5.68. The zero-order valence-electron chi connectivity index (χ0n) is 20.0. The molecule has 0 heterocycles. The maximum Gasteiger partial charge on any atom is 0.309 e. The molecule has 0 unspecified atom stereocenters. The van der Waals surface area contributed by atoms with E-state index >= 15 is 0 Å². The molecule has 4 heteroatoms. The third-order valence-corrected chi connectivity index (χ3v) is 8.95. The van der Waals surface area contributed by atoms with Crippen molar-refractivity contribution in [2.24, 2.45) is 34.5 Å². The van der Waals surface area contributed by atoms with Crippen molar-refractivity contribution in [3.05, 3.63) is 11.6 Å². The summed E-state index contributed by atoms with van der Waals surface area (Å²) < 4.78 is 6.03. The smallest absolute Gasteiger partial charge is 0.309 e. The van der Waals surface area contributed by atoms with Gasteiger partial charge >= 0.3 is 5.97 Å². The van der Waals surface area contributed by atoms with E-state index in [1.165, 1.54) is 5.57 Å². The van der Waals surface area contributed by atoms with Crippen molar-refractivity contribution in [3.63, 3.8) is 0 Å². The van der Waals surface area contributed by atoms with Crippen molar-refractivity contribution >= 4 is 17.5 Å². The first-order valence-electron chi connectivity index (χ1n) is 11.9. The highest BCUT2D eigenvalue weighted by atomic mass is 16.6. The second-order valence-electron chi connectivity index (χ2n) is 11.2. The molecule has 0 aromatic carbocycles. The lowest BCUT2D eigenvalue weighted by Gasteiger charge is -2.53. The van der Waals surface area contributed by atoms with E-state index in [1.807, 2.05) is 19.9 Å². The molecule has 3 aliphatic carbocycles. The fourth-order valence-corrected chi connectivity index (χ4v) is 6.92. The van der Waals surface area contributed by atoms with Crippen molar-refractivity contribution in [1.82, 2.24) is 0 Å². The fraction of sp³-hybridized carbons (Fsp3) is 0.808. The summed E-state index contributed by atoms with van der Waals surface area (Å²) in [5, 5.41) is 0. The van der Waals surface area contributed by atoms with Gasteiger partial charge in [-0.25, -0.2) is 0 Å². The summed E-state index contributed by atoms with van der Waals surface area (Å²) in [5.74, 6) is 0.976. The van der Waals surface area contributed by atoms with E-state index in [0.717, 1.165) is 32.1 Å². The van der Waals surface area contributed by atoms with Crippen molar-refractivity contribution in [3.8, 4) is 0 Å². The third kappa shape index (κ3) is 3.48. The summed E-state index contributed by atoms with van der Waals surface area (Å²) in [6.07, 6.45) is 7.97. The number of ether oxygens (including phenoxy) is 1. The van der Waals surface area contributed by atoms with Gasteiger partial charge in [-0.1, -0.05) is 47.1 Å². The molecular formula is C26H40O4. The molecule has 0 radical (unpaired) electrons. The van der Waals surface area contributed by atoms with Gasteiger partial charge in [0.2, 0.25) is 0 Å². The van der Waals surface area contributed by atoms with E-state index in [4.69, 9.17) is 4.74 Å². The molecule has 2 fully saturated rings. The molecule has 0 amide bonds. The molecule has 0 spiro atoms. The normalized spacial score (nSPS) is 39.1. The minimum absolute atomic E-state index is 0.00260. The van der Waals surface area contributed by atoms with Crippen LogP contribution in [-0.2, 0) is 19.1 Å². The number of Topliss-reactive ketones (excluding diaryl/α,β-unsaturated/α-hetero) is 1. The lowest BCUT2D eigenvalue weighted by molar-refractivity contribution is -0.187. The Balaban J connectivity index is 1.89. The van der Waals surface area contributed by atoms with Gasteiger partial charge in [-0.3, -0.25) is 14.4 Å². The molecule has 0 aliphatic heterocycles. The molecule has 0 aromatic heterocycles. The van der Waals surface area contributed by atoms with Crippen LogP contribution in [0.2, 0.25) is 0 Å². The number of rotatable bonds is 5. The second kappa shape index (κ2) is 7.91. The summed E-state index contributed by atoms with van der Waals surface area (Å²) >= 11 is 0. The van der Waals surface area contributed by atoms with Gasteiger partial charge in [0.15, 0.2) is 17.2 Å². The molecule has 4 nitrogen and oxygen atoms in total. The minimum atomic E-state index is -0.982. The Hall–Kier alpha value is -1.45. The molecule has 0 aromatic rings. The van der Waals surface area contributed by atoms with Crippen LogP contribution in [0.25, 0.3) is 0 Å². The fourth-order valence-electron chi connectivity index (χ4n) is 6.92. The summed E-state index contributed by atoms with van der Waals surface area (Å²) in [7, 11) is 0. The molecule has 3 aliphatic rings. The highest BCUT2D eigenvalue weighted by molar-refractivity contribution is 5.91. The molecule has 0 saturated heterocycles. The van der Waals surface area contributed by atoms with E-state index in [1.54, 1.807) is 6.92 Å². The van der Waals surface area contributed by atoms with Gasteiger partial charge in [0, 0.05) is 11.8 Å². The third-order valence-electron chi connectivity index (χ3n) is 8.95. The van der Waals surface area contributed by atoms with Crippen LogP contribution in [0.1, 0.15) is 93.4 Å². The summed E-state index contributed by atoms with van der Waals surface area (Å²) in [4.78, 5) is 37.5. The van der Waals surface area contributed by atoms with E-state index in [-0.39, 0.29) is 34.3 Å². The van der Waals surface area contributed by atoms with Crippen molar-refractivity contribution < 1.29 is 19.1 Å². The lowest BCUT2D eigenvalue weighted by atomic mass is 9.52. The van der Waals surface area contributed by atoms with E-state index in [9.17, 15) is 14.4 Å². The van der Waals surface area contributed by atoms with Gasteiger partial charge < -0.3 is 4.74 Å². The van der Waals surface area contributed by atoms with Crippen molar-refractivity contribution in [2.45, 2.75) is 99.0 Å². The number of allylic oxidation sites excluding steroid dienone is 2. The van der Waals surface area contributed by atoms with E-state index < -0.39 is 5.60 Å². The van der Waals surface area contributed by atoms with Crippen LogP contribution in [0.4, 0.5) is 0 Å². The van der Waals surface area contributed by atoms with Crippen LogP contribution in [0.3, 0.4) is 0 Å². The predicted molar refractivity (Wildman–Crippen MR) is 118 cm³/mol. The monoisotopic (exact) mass is 416 g/mol. The first-order valence-corrected chi connectivity index (χ1v) is 11.9. The van der Waals surface area contributed by atoms with Crippen LogP contribution in [0.15, 0.2) is 11.6 Å². The Morgan fingerprint density at radius 3 is 2.23 bits per heavy atom. The number of esters is 1. The second-order valence-corrected chi connectivity index (χ2v) is 11.2. The van der Waals surface area contributed by atoms with E-state index in [2.05, 4.69) is 27.7 Å². The molecule has 0 bridgehead atoms. The number of carbonyl (C=O) groups is 3. The number of carbonyl (C=O) groups excluding carboxylic acids is 3. The highest BCUT2D eigenvalue weighted by Crippen LogP contribution is 2.64.